The maximum atomic E-state index is 5.88. The molecule has 2 unspecified atom stereocenters. The van der Waals surface area contributed by atoms with Gasteiger partial charge in [-0.3, -0.25) is 4.99 Å². The van der Waals surface area contributed by atoms with Gasteiger partial charge in [-0.1, -0.05) is 11.6 Å². The molecule has 1 aliphatic rings. The van der Waals surface area contributed by atoms with Gasteiger partial charge in [0.05, 0.1) is 19.3 Å². The van der Waals surface area contributed by atoms with Gasteiger partial charge in [0, 0.05) is 31.8 Å². The number of hydrogen-bond donors (Lipinski definition) is 2. The Bertz CT molecular complexity index is 540. The summed E-state index contributed by atoms with van der Waals surface area (Å²) in [5.74, 6) is 1.56. The molecule has 154 valence electrons. The van der Waals surface area contributed by atoms with Crippen LogP contribution in [0, 0.1) is 0 Å². The lowest BCUT2D eigenvalue weighted by molar-refractivity contribution is 0.0168. The molecule has 2 atom stereocenters. The normalized spacial score (nSPS) is 17.9. The van der Waals surface area contributed by atoms with Gasteiger partial charge >= 0.3 is 0 Å². The molecule has 1 aliphatic heterocycles. The zero-order valence-electron chi connectivity index (χ0n) is 16.1. The van der Waals surface area contributed by atoms with E-state index in [1.165, 1.54) is 0 Å². The van der Waals surface area contributed by atoms with Gasteiger partial charge in [0.15, 0.2) is 5.96 Å². The van der Waals surface area contributed by atoms with Crippen molar-refractivity contribution in [2.75, 3.05) is 40.0 Å². The lowest BCUT2D eigenvalue weighted by Crippen LogP contribution is -2.42. The van der Waals surface area contributed by atoms with Crippen molar-refractivity contribution in [3.63, 3.8) is 0 Å². The lowest BCUT2D eigenvalue weighted by Gasteiger charge is -2.18. The monoisotopic (exact) mass is 511 g/mol. The van der Waals surface area contributed by atoms with Gasteiger partial charge in [0.25, 0.3) is 0 Å². The predicted octanol–water partition coefficient (Wildman–Crippen LogP) is 3.48. The van der Waals surface area contributed by atoms with Crippen molar-refractivity contribution in [3.05, 3.63) is 29.3 Å². The molecule has 0 saturated carbocycles. The van der Waals surface area contributed by atoms with Crippen LogP contribution in [0.2, 0.25) is 5.02 Å². The number of benzene rings is 1. The third-order valence-corrected chi connectivity index (χ3v) is 4.27. The highest BCUT2D eigenvalue weighted by Gasteiger charge is 2.14. The Morgan fingerprint density at radius 2 is 2.11 bits per heavy atom. The van der Waals surface area contributed by atoms with Gasteiger partial charge < -0.3 is 24.8 Å². The lowest BCUT2D eigenvalue weighted by atomic mass is 10.2. The summed E-state index contributed by atoms with van der Waals surface area (Å²) in [7, 11) is 1.76. The second kappa shape index (κ2) is 14.3. The fourth-order valence-corrected chi connectivity index (χ4v) is 2.75. The van der Waals surface area contributed by atoms with Crippen LogP contribution in [0.15, 0.2) is 29.3 Å². The summed E-state index contributed by atoms with van der Waals surface area (Å²) in [6, 6.07) is 7.36. The summed E-state index contributed by atoms with van der Waals surface area (Å²) in [5, 5.41) is 7.24. The molecule has 0 amide bonds. The summed E-state index contributed by atoms with van der Waals surface area (Å²) < 4.78 is 17.0. The highest BCUT2D eigenvalue weighted by molar-refractivity contribution is 14.0. The first-order valence-electron chi connectivity index (χ1n) is 9.23. The maximum Gasteiger partial charge on any atom is 0.191 e. The molecule has 6 nitrogen and oxygen atoms in total. The van der Waals surface area contributed by atoms with Crippen molar-refractivity contribution in [1.82, 2.24) is 10.6 Å². The SMILES string of the molecule is CN=C(NCCCOCC1CCCO1)NCC(C)Oc1ccc(Cl)cc1.I. The van der Waals surface area contributed by atoms with E-state index in [0.29, 0.717) is 24.3 Å². The van der Waals surface area contributed by atoms with Crippen LogP contribution in [0.25, 0.3) is 0 Å². The minimum atomic E-state index is 0. The van der Waals surface area contributed by atoms with Crippen molar-refractivity contribution in [1.29, 1.82) is 0 Å². The van der Waals surface area contributed by atoms with E-state index >= 15 is 0 Å². The van der Waals surface area contributed by atoms with E-state index in [2.05, 4.69) is 15.6 Å². The topological polar surface area (TPSA) is 64.1 Å². The Labute approximate surface area is 184 Å². The number of halogens is 2. The van der Waals surface area contributed by atoms with Crippen LogP contribution in [0.1, 0.15) is 26.2 Å². The molecule has 0 aliphatic carbocycles. The summed E-state index contributed by atoms with van der Waals surface area (Å²) in [6.07, 6.45) is 3.48. The molecule has 2 N–H and O–H groups in total. The van der Waals surface area contributed by atoms with E-state index in [9.17, 15) is 0 Å². The number of rotatable bonds is 10. The molecule has 0 bridgehead atoms. The molecule has 1 aromatic rings. The Morgan fingerprint density at radius 1 is 1.33 bits per heavy atom. The number of aliphatic imine (C=N–C) groups is 1. The summed E-state index contributed by atoms with van der Waals surface area (Å²) in [5.41, 5.74) is 0. The van der Waals surface area contributed by atoms with E-state index in [4.69, 9.17) is 25.8 Å². The third-order valence-electron chi connectivity index (χ3n) is 4.02. The van der Waals surface area contributed by atoms with Crippen LogP contribution in [0.4, 0.5) is 0 Å². The minimum Gasteiger partial charge on any atom is -0.489 e. The Kier molecular flexibility index (Phi) is 12.8. The van der Waals surface area contributed by atoms with Crippen LogP contribution < -0.4 is 15.4 Å². The van der Waals surface area contributed by atoms with Crippen molar-refractivity contribution in [2.45, 2.75) is 38.4 Å². The quantitative estimate of drug-likeness (QED) is 0.218. The molecule has 2 rings (SSSR count). The first kappa shape index (κ1) is 24.3. The number of ether oxygens (including phenoxy) is 3. The smallest absolute Gasteiger partial charge is 0.191 e. The van der Waals surface area contributed by atoms with Gasteiger partial charge in [-0.2, -0.15) is 0 Å². The first-order chi connectivity index (χ1) is 12.7. The summed E-state index contributed by atoms with van der Waals surface area (Å²) in [4.78, 5) is 4.22. The number of guanidine groups is 1. The molecule has 8 heteroatoms. The van der Waals surface area contributed by atoms with E-state index < -0.39 is 0 Å². The fourth-order valence-electron chi connectivity index (χ4n) is 2.62. The zero-order chi connectivity index (χ0) is 18.6. The molecule has 1 heterocycles. The summed E-state index contributed by atoms with van der Waals surface area (Å²) in [6.45, 7) is 5.76. The fraction of sp³-hybridized carbons (Fsp3) is 0.632. The van der Waals surface area contributed by atoms with Gasteiger partial charge in [0.2, 0.25) is 0 Å². The van der Waals surface area contributed by atoms with Crippen molar-refractivity contribution in [2.24, 2.45) is 4.99 Å². The first-order valence-corrected chi connectivity index (χ1v) is 9.61. The van der Waals surface area contributed by atoms with Crippen molar-refractivity contribution in [3.8, 4) is 5.75 Å². The average Bonchev–Trinajstić information content (AvgIpc) is 3.16. The molecule has 0 radical (unpaired) electrons. The molecule has 1 aromatic carbocycles. The minimum absolute atomic E-state index is 0. The molecule has 27 heavy (non-hydrogen) atoms. The highest BCUT2D eigenvalue weighted by Crippen LogP contribution is 2.16. The second-order valence-electron chi connectivity index (χ2n) is 6.33. The van der Waals surface area contributed by atoms with Gasteiger partial charge in [-0.15, -0.1) is 24.0 Å². The Morgan fingerprint density at radius 3 is 2.78 bits per heavy atom. The van der Waals surface area contributed by atoms with Crippen LogP contribution in [0.5, 0.6) is 5.75 Å². The number of hydrogen-bond acceptors (Lipinski definition) is 4. The predicted molar refractivity (Wildman–Crippen MR) is 121 cm³/mol. The standard InChI is InChI=1S/C19H30ClN3O3.HI/c1-15(26-17-8-6-16(20)7-9-17)13-23-19(21-2)22-10-4-11-24-14-18-5-3-12-25-18;/h6-9,15,18H,3-5,10-14H2,1-2H3,(H2,21,22,23);1H. The Hall–Kier alpha value is -0.770. The van der Waals surface area contributed by atoms with Crippen LogP contribution in [-0.4, -0.2) is 58.1 Å². The zero-order valence-corrected chi connectivity index (χ0v) is 19.2. The molecule has 1 saturated heterocycles. The van der Waals surface area contributed by atoms with E-state index in [-0.39, 0.29) is 30.1 Å². The summed E-state index contributed by atoms with van der Waals surface area (Å²) >= 11 is 5.88. The maximum absolute atomic E-state index is 5.88. The molecule has 0 spiro atoms. The van der Waals surface area contributed by atoms with E-state index in [1.807, 2.05) is 31.2 Å². The van der Waals surface area contributed by atoms with Gasteiger partial charge in [-0.05, 0) is 50.5 Å². The van der Waals surface area contributed by atoms with Crippen molar-refractivity contribution < 1.29 is 14.2 Å². The largest absolute Gasteiger partial charge is 0.489 e. The van der Waals surface area contributed by atoms with Crippen LogP contribution >= 0.6 is 35.6 Å². The van der Waals surface area contributed by atoms with Crippen molar-refractivity contribution >= 4 is 41.5 Å². The van der Waals surface area contributed by atoms with Gasteiger partial charge in [0.1, 0.15) is 11.9 Å². The third kappa shape index (κ3) is 10.4. The second-order valence-corrected chi connectivity index (χ2v) is 6.76. The molecular formula is C19H31ClIN3O3. The van der Waals surface area contributed by atoms with Crippen LogP contribution in [-0.2, 0) is 9.47 Å². The highest BCUT2D eigenvalue weighted by atomic mass is 127. The number of nitrogens with one attached hydrogen (secondary N) is 2. The number of nitrogens with zero attached hydrogens (tertiary/aromatic N) is 1. The van der Waals surface area contributed by atoms with E-state index in [0.717, 1.165) is 50.7 Å². The Balaban J connectivity index is 0.00000364. The average molecular weight is 512 g/mol. The molecular weight excluding hydrogens is 481 g/mol. The van der Waals surface area contributed by atoms with E-state index in [1.54, 1.807) is 7.05 Å². The van der Waals surface area contributed by atoms with Gasteiger partial charge in [-0.25, -0.2) is 0 Å². The van der Waals surface area contributed by atoms with Crippen LogP contribution in [0.3, 0.4) is 0 Å². The molecule has 1 fully saturated rings. The molecule has 0 aromatic heterocycles.